The van der Waals surface area contributed by atoms with Gasteiger partial charge >= 0.3 is 5.97 Å². The summed E-state index contributed by atoms with van der Waals surface area (Å²) < 4.78 is 21.1. The lowest BCUT2D eigenvalue weighted by atomic mass is 10.0. The number of methoxy groups -OCH3 is 1. The van der Waals surface area contributed by atoms with E-state index in [1.54, 1.807) is 10.7 Å². The number of nitrogens with zero attached hydrogens (tertiary/aromatic N) is 3. The molecule has 146 valence electrons. The van der Waals surface area contributed by atoms with Crippen LogP contribution in [-0.4, -0.2) is 33.0 Å². The van der Waals surface area contributed by atoms with Crippen molar-refractivity contribution in [3.63, 3.8) is 0 Å². The Labute approximate surface area is 169 Å². The number of carboxylic acids is 1. The number of halogens is 1. The second-order valence-electron chi connectivity index (χ2n) is 6.27. The molecule has 0 spiro atoms. The van der Waals surface area contributed by atoms with E-state index in [9.17, 15) is 14.3 Å². The van der Waals surface area contributed by atoms with Gasteiger partial charge in [-0.25, -0.2) is 18.9 Å². The second kappa shape index (κ2) is 7.48. The molecule has 4 rings (SSSR count). The maximum absolute atomic E-state index is 14.1. The van der Waals surface area contributed by atoms with E-state index in [2.05, 4.69) is 4.98 Å². The van der Waals surface area contributed by atoms with E-state index in [0.29, 0.717) is 27.8 Å². The highest BCUT2D eigenvalue weighted by Gasteiger charge is 2.23. The van der Waals surface area contributed by atoms with E-state index >= 15 is 0 Å². The fraction of sp³-hybridized carbons (Fsp3) is 0.0952. The molecule has 0 atom stereocenters. The first-order chi connectivity index (χ1) is 14.0. The summed E-state index contributed by atoms with van der Waals surface area (Å²) in [6, 6.07) is 13.8. The van der Waals surface area contributed by atoms with Crippen LogP contribution < -0.4 is 4.74 Å². The van der Waals surface area contributed by atoms with Crippen LogP contribution in [0.3, 0.4) is 0 Å². The summed E-state index contributed by atoms with van der Waals surface area (Å²) in [6.45, 7) is 1.89. The van der Waals surface area contributed by atoms with Gasteiger partial charge in [0.15, 0.2) is 5.69 Å². The molecule has 0 bridgehead atoms. The zero-order chi connectivity index (χ0) is 20.5. The minimum Gasteiger partial charge on any atom is -0.496 e. The second-order valence-corrected chi connectivity index (χ2v) is 7.10. The summed E-state index contributed by atoms with van der Waals surface area (Å²) in [7, 11) is 1.51. The molecule has 0 amide bonds. The number of benzene rings is 2. The van der Waals surface area contributed by atoms with Crippen molar-refractivity contribution in [2.45, 2.75) is 6.92 Å². The third-order valence-corrected chi connectivity index (χ3v) is 5.29. The lowest BCUT2D eigenvalue weighted by molar-refractivity contribution is 0.0691. The van der Waals surface area contributed by atoms with Crippen LogP contribution in [0.1, 0.15) is 16.1 Å². The third-order valence-electron chi connectivity index (χ3n) is 4.48. The maximum atomic E-state index is 14.1. The summed E-state index contributed by atoms with van der Waals surface area (Å²) in [5.41, 5.74) is 3.40. The minimum atomic E-state index is -1.12. The first-order valence-electron chi connectivity index (χ1n) is 8.67. The van der Waals surface area contributed by atoms with Crippen LogP contribution in [0.5, 0.6) is 5.75 Å². The maximum Gasteiger partial charge on any atom is 0.355 e. The lowest BCUT2D eigenvalue weighted by Gasteiger charge is -2.11. The number of hydrogen-bond donors (Lipinski definition) is 1. The van der Waals surface area contributed by atoms with E-state index in [0.717, 1.165) is 22.5 Å². The highest BCUT2D eigenvalue weighted by molar-refractivity contribution is 7.12. The molecule has 2 aromatic heterocycles. The molecule has 2 heterocycles. The molecule has 0 radical (unpaired) electrons. The van der Waals surface area contributed by atoms with E-state index in [4.69, 9.17) is 9.84 Å². The van der Waals surface area contributed by atoms with Gasteiger partial charge in [0.05, 0.1) is 18.5 Å². The summed E-state index contributed by atoms with van der Waals surface area (Å²) in [5.74, 6) is -1.06. The fourth-order valence-electron chi connectivity index (χ4n) is 3.15. The third kappa shape index (κ3) is 3.38. The molecular weight excluding hydrogens is 393 g/mol. The normalized spacial score (nSPS) is 10.9. The number of ether oxygens (including phenoxy) is 1. The quantitative estimate of drug-likeness (QED) is 0.511. The fourth-order valence-corrected chi connectivity index (χ4v) is 3.90. The van der Waals surface area contributed by atoms with Crippen LogP contribution >= 0.6 is 11.3 Å². The number of hydrogen-bond acceptors (Lipinski definition) is 5. The van der Waals surface area contributed by atoms with E-state index in [-0.39, 0.29) is 5.69 Å². The predicted octanol–water partition coefficient (Wildman–Crippen LogP) is 4.82. The first kappa shape index (κ1) is 18.8. The summed E-state index contributed by atoms with van der Waals surface area (Å²) in [5, 5.41) is 15.7. The van der Waals surface area contributed by atoms with Gasteiger partial charge in [-0.2, -0.15) is 5.10 Å². The van der Waals surface area contributed by atoms with Crippen LogP contribution in [0.25, 0.3) is 27.6 Å². The molecule has 4 aromatic rings. The van der Waals surface area contributed by atoms with Crippen molar-refractivity contribution >= 4 is 17.3 Å². The molecule has 1 N–H and O–H groups in total. The van der Waals surface area contributed by atoms with E-state index in [1.807, 2.05) is 37.3 Å². The Bertz CT molecular complexity index is 1200. The highest BCUT2D eigenvalue weighted by atomic mass is 32.1. The van der Waals surface area contributed by atoms with Crippen LogP contribution in [0.4, 0.5) is 4.39 Å². The van der Waals surface area contributed by atoms with Crippen molar-refractivity contribution in [3.05, 3.63) is 71.0 Å². The van der Waals surface area contributed by atoms with Crippen LogP contribution in [0, 0.1) is 12.7 Å². The van der Waals surface area contributed by atoms with Crippen molar-refractivity contribution < 1.29 is 19.0 Å². The Balaban J connectivity index is 2.01. The number of thiazole rings is 1. The van der Waals surface area contributed by atoms with Crippen LogP contribution in [0.2, 0.25) is 0 Å². The molecule has 0 unspecified atom stereocenters. The standard InChI is InChI=1S/C21H16FN3O3S/c1-12-18(13-6-4-3-5-7-13)24-25(21-23-16(11-29-21)20(26)27)19(12)15-10-14(22)8-9-17(15)28-2/h3-11H,1-2H3,(H,26,27). The van der Waals surface area contributed by atoms with E-state index in [1.165, 1.54) is 24.6 Å². The largest absolute Gasteiger partial charge is 0.496 e. The van der Waals surface area contributed by atoms with Gasteiger partial charge < -0.3 is 9.84 Å². The molecule has 29 heavy (non-hydrogen) atoms. The van der Waals surface area contributed by atoms with Gasteiger partial charge in [0.25, 0.3) is 0 Å². The molecule has 8 heteroatoms. The van der Waals surface area contributed by atoms with Crippen molar-refractivity contribution in [1.29, 1.82) is 0 Å². The first-order valence-corrected chi connectivity index (χ1v) is 9.55. The van der Waals surface area contributed by atoms with Gasteiger partial charge in [-0.15, -0.1) is 11.3 Å². The topological polar surface area (TPSA) is 77.2 Å². The monoisotopic (exact) mass is 409 g/mol. The molecule has 6 nitrogen and oxygen atoms in total. The number of rotatable bonds is 5. The zero-order valence-electron chi connectivity index (χ0n) is 15.6. The van der Waals surface area contributed by atoms with Gasteiger partial charge in [0, 0.05) is 22.1 Å². The van der Waals surface area contributed by atoms with Crippen molar-refractivity contribution in [2.24, 2.45) is 0 Å². The average Bonchev–Trinajstić information content (AvgIpc) is 3.33. The molecule has 0 aliphatic carbocycles. The molecule has 2 aromatic carbocycles. The van der Waals surface area contributed by atoms with Gasteiger partial charge in [0.2, 0.25) is 5.13 Å². The Morgan fingerprint density at radius 2 is 1.97 bits per heavy atom. The van der Waals surface area contributed by atoms with E-state index < -0.39 is 11.8 Å². The number of aromatic nitrogens is 3. The van der Waals surface area contributed by atoms with Crippen LogP contribution in [0.15, 0.2) is 53.9 Å². The Morgan fingerprint density at radius 1 is 1.21 bits per heavy atom. The van der Waals surface area contributed by atoms with Gasteiger partial charge in [-0.3, -0.25) is 0 Å². The van der Waals surface area contributed by atoms with Gasteiger partial charge in [-0.05, 0) is 25.1 Å². The highest BCUT2D eigenvalue weighted by Crippen LogP contribution is 2.38. The van der Waals surface area contributed by atoms with Crippen molar-refractivity contribution in [1.82, 2.24) is 14.8 Å². The Kier molecular flexibility index (Phi) is 4.85. The predicted molar refractivity (Wildman–Crippen MR) is 108 cm³/mol. The summed E-state index contributed by atoms with van der Waals surface area (Å²) in [6.07, 6.45) is 0. The molecule has 0 saturated heterocycles. The van der Waals surface area contributed by atoms with Gasteiger partial charge in [0.1, 0.15) is 11.6 Å². The smallest absolute Gasteiger partial charge is 0.355 e. The van der Waals surface area contributed by atoms with Crippen molar-refractivity contribution in [2.75, 3.05) is 7.11 Å². The summed E-state index contributed by atoms with van der Waals surface area (Å²) >= 11 is 1.15. The number of carboxylic acid groups (broad SMARTS) is 1. The number of aromatic carboxylic acids is 1. The Morgan fingerprint density at radius 3 is 2.62 bits per heavy atom. The van der Waals surface area contributed by atoms with Crippen LogP contribution in [-0.2, 0) is 0 Å². The minimum absolute atomic E-state index is 0.0726. The SMILES string of the molecule is COc1ccc(F)cc1-c1c(C)c(-c2ccccc2)nn1-c1nc(C(=O)O)cs1. The lowest BCUT2D eigenvalue weighted by Crippen LogP contribution is -2.03. The molecule has 0 aliphatic heterocycles. The van der Waals surface area contributed by atoms with Gasteiger partial charge in [-0.1, -0.05) is 30.3 Å². The molecule has 0 fully saturated rings. The molecule has 0 aliphatic rings. The summed E-state index contributed by atoms with van der Waals surface area (Å²) in [4.78, 5) is 15.5. The molecular formula is C21H16FN3O3S. The molecule has 0 saturated carbocycles. The van der Waals surface area contributed by atoms with Crippen molar-refractivity contribution in [3.8, 4) is 33.4 Å². The Hall–Kier alpha value is -3.52. The average molecular weight is 409 g/mol. The zero-order valence-corrected chi connectivity index (χ0v) is 16.4. The number of carbonyl (C=O) groups is 1.